The highest BCUT2D eigenvalue weighted by Crippen LogP contribution is 2.18. The van der Waals surface area contributed by atoms with Crippen molar-refractivity contribution in [2.75, 3.05) is 0 Å². The predicted molar refractivity (Wildman–Crippen MR) is 66.1 cm³/mol. The zero-order valence-electron chi connectivity index (χ0n) is 10.8. The summed E-state index contributed by atoms with van der Waals surface area (Å²) in [6.07, 6.45) is 5.17. The first-order valence-corrected chi connectivity index (χ1v) is 5.76. The van der Waals surface area contributed by atoms with Crippen LogP contribution >= 0.6 is 0 Å². The summed E-state index contributed by atoms with van der Waals surface area (Å²) in [5, 5.41) is 12.6. The summed E-state index contributed by atoms with van der Waals surface area (Å²) in [5.41, 5.74) is 4.10. The molecule has 1 rings (SSSR count). The molecule has 1 saturated carbocycles. The van der Waals surface area contributed by atoms with E-state index in [1.54, 1.807) is 0 Å². The molecule has 1 aliphatic carbocycles. The summed E-state index contributed by atoms with van der Waals surface area (Å²) in [7, 11) is 0. The van der Waals surface area contributed by atoms with E-state index in [0.717, 1.165) is 19.2 Å². The molecule has 0 aromatic heterocycles. The first-order valence-electron chi connectivity index (χ1n) is 5.76. The number of rotatable bonds is 1. The van der Waals surface area contributed by atoms with Crippen molar-refractivity contribution in [3.8, 4) is 0 Å². The Morgan fingerprint density at radius 2 is 1.94 bits per heavy atom. The predicted octanol–water partition coefficient (Wildman–Crippen LogP) is 1.82. The summed E-state index contributed by atoms with van der Waals surface area (Å²) < 4.78 is 5.15. The van der Waals surface area contributed by atoms with Gasteiger partial charge in [-0.2, -0.15) is 0 Å². The van der Waals surface area contributed by atoms with Gasteiger partial charge in [0.1, 0.15) is 11.9 Å². The Bertz CT molecular complexity index is 239. The number of nitrogens with one attached hydrogen (secondary N) is 1. The molecule has 1 fully saturated rings. The molecule has 0 heterocycles. The average molecular weight is 245 g/mol. The van der Waals surface area contributed by atoms with Crippen LogP contribution in [0.1, 0.15) is 46.5 Å². The molecule has 1 aliphatic rings. The summed E-state index contributed by atoms with van der Waals surface area (Å²) in [5.74, 6) is 0. The Hall–Kier alpha value is -1.46. The van der Waals surface area contributed by atoms with E-state index in [4.69, 9.17) is 9.94 Å². The number of nitrogens with zero attached hydrogens (tertiary/aromatic N) is 1. The third-order valence-corrected chi connectivity index (χ3v) is 2.14. The minimum atomic E-state index is -0.386. The van der Waals surface area contributed by atoms with Crippen LogP contribution in [0.5, 0.6) is 0 Å². The van der Waals surface area contributed by atoms with Gasteiger partial charge in [0.15, 0.2) is 0 Å². The molecule has 0 spiro atoms. The lowest BCUT2D eigenvalue weighted by molar-refractivity contribution is 0.0505. The van der Waals surface area contributed by atoms with Gasteiger partial charge in [0.25, 0.3) is 0 Å². The van der Waals surface area contributed by atoms with Crippen molar-refractivity contribution in [3.63, 3.8) is 0 Å². The SMILES string of the molecule is CC(C)(C)OC(=O)NC1CCCC1.N/C=N\O. The Labute approximate surface area is 102 Å². The van der Waals surface area contributed by atoms with Crippen LogP contribution in [-0.4, -0.2) is 29.3 Å². The minimum Gasteiger partial charge on any atom is -0.444 e. The molecule has 4 N–H and O–H groups in total. The topological polar surface area (TPSA) is 96.9 Å². The second-order valence-electron chi connectivity index (χ2n) is 4.89. The van der Waals surface area contributed by atoms with Crippen molar-refractivity contribution in [2.45, 2.75) is 58.1 Å². The number of carbonyl (C=O) groups excluding carboxylic acids is 1. The van der Waals surface area contributed by atoms with E-state index >= 15 is 0 Å². The number of nitrogens with two attached hydrogens (primary N) is 1. The monoisotopic (exact) mass is 245 g/mol. The molecular formula is C11H23N3O3. The van der Waals surface area contributed by atoms with Gasteiger partial charge < -0.3 is 21.0 Å². The van der Waals surface area contributed by atoms with Gasteiger partial charge in [0.05, 0.1) is 0 Å². The molecule has 0 radical (unpaired) electrons. The molecule has 6 heteroatoms. The zero-order valence-corrected chi connectivity index (χ0v) is 10.8. The van der Waals surface area contributed by atoms with Crippen molar-refractivity contribution >= 4 is 12.4 Å². The van der Waals surface area contributed by atoms with E-state index in [-0.39, 0.29) is 11.7 Å². The van der Waals surface area contributed by atoms with Crippen LogP contribution in [-0.2, 0) is 4.74 Å². The molecule has 0 unspecified atom stereocenters. The van der Waals surface area contributed by atoms with E-state index in [1.807, 2.05) is 20.8 Å². The lowest BCUT2D eigenvalue weighted by Gasteiger charge is -2.21. The standard InChI is InChI=1S/C10H19NO2.CH4N2O/c1-10(2,3)13-9(12)11-8-6-4-5-7-8;2-1-3-4/h8H,4-7H2,1-3H3,(H,11,12);1,4H,(H2,2,3). The summed E-state index contributed by atoms with van der Waals surface area (Å²) in [6.45, 7) is 5.63. The van der Waals surface area contributed by atoms with E-state index in [0.29, 0.717) is 6.04 Å². The van der Waals surface area contributed by atoms with Crippen molar-refractivity contribution in [3.05, 3.63) is 0 Å². The number of hydrogen-bond donors (Lipinski definition) is 3. The zero-order chi connectivity index (χ0) is 13.3. The maximum absolute atomic E-state index is 11.3. The van der Waals surface area contributed by atoms with Crippen LogP contribution in [0.3, 0.4) is 0 Å². The van der Waals surface area contributed by atoms with Crippen molar-refractivity contribution in [1.29, 1.82) is 0 Å². The summed E-state index contributed by atoms with van der Waals surface area (Å²) in [6, 6.07) is 0.342. The average Bonchev–Trinajstić information content (AvgIpc) is 2.67. The largest absolute Gasteiger partial charge is 0.444 e. The van der Waals surface area contributed by atoms with Gasteiger partial charge in [0, 0.05) is 6.04 Å². The Morgan fingerprint density at radius 1 is 1.47 bits per heavy atom. The van der Waals surface area contributed by atoms with Gasteiger partial charge in [-0.15, -0.1) is 0 Å². The number of amides is 1. The molecule has 1 amide bonds. The van der Waals surface area contributed by atoms with Gasteiger partial charge in [-0.25, -0.2) is 4.79 Å². The molecule has 17 heavy (non-hydrogen) atoms. The van der Waals surface area contributed by atoms with E-state index < -0.39 is 0 Å². The van der Waals surface area contributed by atoms with Crippen molar-refractivity contribution < 1.29 is 14.7 Å². The smallest absolute Gasteiger partial charge is 0.407 e. The second kappa shape index (κ2) is 7.76. The van der Waals surface area contributed by atoms with Gasteiger partial charge in [-0.3, -0.25) is 0 Å². The molecule has 0 aromatic rings. The highest BCUT2D eigenvalue weighted by molar-refractivity contribution is 5.68. The van der Waals surface area contributed by atoms with Crippen LogP contribution in [0.4, 0.5) is 4.79 Å². The van der Waals surface area contributed by atoms with Crippen molar-refractivity contribution in [2.24, 2.45) is 10.9 Å². The number of carbonyl (C=O) groups is 1. The van der Waals surface area contributed by atoms with Gasteiger partial charge >= 0.3 is 6.09 Å². The molecule has 0 aromatic carbocycles. The fraction of sp³-hybridized carbons (Fsp3) is 0.818. The fourth-order valence-corrected chi connectivity index (χ4v) is 1.54. The highest BCUT2D eigenvalue weighted by Gasteiger charge is 2.21. The molecular weight excluding hydrogens is 222 g/mol. The van der Waals surface area contributed by atoms with Crippen LogP contribution in [0.25, 0.3) is 0 Å². The van der Waals surface area contributed by atoms with Crippen LogP contribution in [0.2, 0.25) is 0 Å². The lowest BCUT2D eigenvalue weighted by Crippen LogP contribution is -2.37. The molecule has 6 nitrogen and oxygen atoms in total. The molecule has 0 saturated heterocycles. The van der Waals surface area contributed by atoms with E-state index in [1.165, 1.54) is 12.8 Å². The summed E-state index contributed by atoms with van der Waals surface area (Å²) >= 11 is 0. The van der Waals surface area contributed by atoms with E-state index in [2.05, 4.69) is 16.2 Å². The quantitative estimate of drug-likeness (QED) is 0.284. The van der Waals surface area contributed by atoms with Gasteiger partial charge in [-0.1, -0.05) is 18.0 Å². The lowest BCUT2D eigenvalue weighted by atomic mass is 10.2. The molecule has 0 bridgehead atoms. The first-order chi connectivity index (χ1) is 7.89. The maximum Gasteiger partial charge on any atom is 0.407 e. The van der Waals surface area contributed by atoms with Crippen LogP contribution < -0.4 is 11.1 Å². The molecule has 0 aliphatic heterocycles. The summed E-state index contributed by atoms with van der Waals surface area (Å²) in [4.78, 5) is 11.3. The molecule has 0 atom stereocenters. The number of alkyl carbamates (subject to hydrolysis) is 1. The third-order valence-electron chi connectivity index (χ3n) is 2.14. The maximum atomic E-state index is 11.3. The molecule has 100 valence electrons. The highest BCUT2D eigenvalue weighted by atomic mass is 16.6. The first kappa shape index (κ1) is 15.5. The third kappa shape index (κ3) is 9.47. The number of ether oxygens (including phenoxy) is 1. The van der Waals surface area contributed by atoms with Gasteiger partial charge in [0.2, 0.25) is 0 Å². The van der Waals surface area contributed by atoms with Gasteiger partial charge in [-0.05, 0) is 33.6 Å². The Kier molecular flexibility index (Phi) is 7.09. The van der Waals surface area contributed by atoms with E-state index in [9.17, 15) is 4.79 Å². The normalized spacial score (nSPS) is 16.4. The minimum absolute atomic E-state index is 0.278. The van der Waals surface area contributed by atoms with Crippen LogP contribution in [0.15, 0.2) is 5.16 Å². The number of oxime groups is 1. The second-order valence-corrected chi connectivity index (χ2v) is 4.89. The van der Waals surface area contributed by atoms with Crippen LogP contribution in [0, 0.1) is 0 Å². The van der Waals surface area contributed by atoms with Crippen molar-refractivity contribution in [1.82, 2.24) is 5.32 Å². The number of hydrogen-bond acceptors (Lipinski definition) is 4. The fourth-order valence-electron chi connectivity index (χ4n) is 1.54. The Morgan fingerprint density at radius 3 is 2.29 bits per heavy atom. The Balaban J connectivity index is 0.000000557.